The maximum Gasteiger partial charge on any atom is 0.292 e. The van der Waals surface area contributed by atoms with E-state index in [1.165, 1.54) is 11.8 Å². The number of allylic oxidation sites excluding steroid dienone is 2. The van der Waals surface area contributed by atoms with Crippen molar-refractivity contribution < 1.29 is 14.4 Å². The number of Topliss-reactive ketones (excluding diaryl/α,β-unsaturated/α-hetero) is 2. The first-order chi connectivity index (χ1) is 12.8. The number of hydrogen-bond acceptors (Lipinski definition) is 5. The van der Waals surface area contributed by atoms with Crippen LogP contribution in [0.5, 0.6) is 0 Å². The van der Waals surface area contributed by atoms with Crippen molar-refractivity contribution in [1.29, 1.82) is 0 Å². The maximum absolute atomic E-state index is 12.6. The van der Waals surface area contributed by atoms with Crippen molar-refractivity contribution in [2.24, 2.45) is 0 Å². The van der Waals surface area contributed by atoms with E-state index in [2.05, 4.69) is 10.6 Å². The van der Waals surface area contributed by atoms with Gasteiger partial charge in [0.05, 0.1) is 17.0 Å². The predicted octanol–water partition coefficient (Wildman–Crippen LogP) is 4.56. The van der Waals surface area contributed by atoms with Crippen molar-refractivity contribution in [3.05, 3.63) is 63.7 Å². The predicted molar refractivity (Wildman–Crippen MR) is 108 cm³/mol. The third-order valence-corrected chi connectivity index (χ3v) is 5.58. The second kappa shape index (κ2) is 7.98. The standard InChI is InChI=1S/C20H17ClN2O3S/c1-11-9-13(21)7-8-14(11)23-20(26)17(25)10-16(24)19-12(2)22-15-5-3-4-6-18(15)27-19/h3-9,22H,10H2,1-2H3,(H,23,26). The summed E-state index contributed by atoms with van der Waals surface area (Å²) in [5, 5.41) is 6.23. The number of ketones is 2. The fourth-order valence-corrected chi connectivity index (χ4v) is 3.85. The topological polar surface area (TPSA) is 75.3 Å². The highest BCUT2D eigenvalue weighted by Crippen LogP contribution is 2.40. The summed E-state index contributed by atoms with van der Waals surface area (Å²) in [6, 6.07) is 12.5. The first-order valence-electron chi connectivity index (χ1n) is 8.23. The Morgan fingerprint density at radius 1 is 1.11 bits per heavy atom. The van der Waals surface area contributed by atoms with Crippen LogP contribution < -0.4 is 10.6 Å². The summed E-state index contributed by atoms with van der Waals surface area (Å²) in [7, 11) is 0. The van der Waals surface area contributed by atoms with Gasteiger partial charge in [-0.05, 0) is 49.7 Å². The van der Waals surface area contributed by atoms with Crippen LogP contribution in [0.1, 0.15) is 18.9 Å². The Labute approximate surface area is 166 Å². The second-order valence-electron chi connectivity index (χ2n) is 6.11. The number of thioether (sulfide) groups is 1. The van der Waals surface area contributed by atoms with Crippen LogP contribution in [0, 0.1) is 6.92 Å². The minimum Gasteiger partial charge on any atom is -0.357 e. The van der Waals surface area contributed by atoms with Gasteiger partial charge in [-0.25, -0.2) is 0 Å². The third-order valence-electron chi connectivity index (χ3n) is 4.03. The van der Waals surface area contributed by atoms with Crippen LogP contribution in [0.2, 0.25) is 5.02 Å². The number of aryl methyl sites for hydroxylation is 1. The molecule has 2 aromatic rings. The normalized spacial score (nSPS) is 12.9. The summed E-state index contributed by atoms with van der Waals surface area (Å²) in [5.41, 5.74) is 2.81. The van der Waals surface area contributed by atoms with E-state index in [0.717, 1.165) is 16.1 Å². The molecule has 1 heterocycles. The van der Waals surface area contributed by atoms with Crippen molar-refractivity contribution in [2.75, 3.05) is 10.6 Å². The molecule has 0 bridgehead atoms. The molecule has 5 nitrogen and oxygen atoms in total. The van der Waals surface area contributed by atoms with Gasteiger partial charge in [0.2, 0.25) is 5.78 Å². The number of rotatable bonds is 5. The quantitative estimate of drug-likeness (QED) is 0.568. The summed E-state index contributed by atoms with van der Waals surface area (Å²) in [6.07, 6.45) is -0.484. The lowest BCUT2D eigenvalue weighted by atomic mass is 10.1. The lowest BCUT2D eigenvalue weighted by Crippen LogP contribution is -2.26. The van der Waals surface area contributed by atoms with E-state index in [9.17, 15) is 14.4 Å². The minimum absolute atomic E-state index is 0.382. The Morgan fingerprint density at radius 3 is 2.59 bits per heavy atom. The summed E-state index contributed by atoms with van der Waals surface area (Å²) in [5.74, 6) is -1.98. The smallest absolute Gasteiger partial charge is 0.292 e. The van der Waals surface area contributed by atoms with Gasteiger partial charge in [0, 0.05) is 21.3 Å². The van der Waals surface area contributed by atoms with Gasteiger partial charge in [-0.1, -0.05) is 35.5 Å². The summed E-state index contributed by atoms with van der Waals surface area (Å²) < 4.78 is 0. The number of carbonyl (C=O) groups is 3. The molecule has 3 rings (SSSR count). The van der Waals surface area contributed by atoms with Crippen LogP contribution in [0.25, 0.3) is 0 Å². The Hall–Kier alpha value is -2.57. The summed E-state index contributed by atoms with van der Waals surface area (Å²) >= 11 is 7.19. The van der Waals surface area contributed by atoms with Gasteiger partial charge < -0.3 is 10.6 Å². The highest BCUT2D eigenvalue weighted by Gasteiger charge is 2.25. The SMILES string of the molecule is CC1=C(C(=O)CC(=O)C(=O)Nc2ccc(Cl)cc2C)Sc2ccccc2N1. The number of nitrogens with one attached hydrogen (secondary N) is 2. The molecule has 2 N–H and O–H groups in total. The Bertz CT molecular complexity index is 985. The number of hydrogen-bond donors (Lipinski definition) is 2. The zero-order valence-electron chi connectivity index (χ0n) is 14.8. The van der Waals surface area contributed by atoms with E-state index < -0.39 is 18.1 Å². The number of benzene rings is 2. The molecule has 0 unspecified atom stereocenters. The van der Waals surface area contributed by atoms with Gasteiger partial charge in [-0.2, -0.15) is 0 Å². The fourth-order valence-electron chi connectivity index (χ4n) is 2.64. The average Bonchev–Trinajstić information content (AvgIpc) is 2.63. The van der Waals surface area contributed by atoms with Crippen LogP contribution >= 0.6 is 23.4 Å². The Kier molecular flexibility index (Phi) is 5.68. The zero-order valence-corrected chi connectivity index (χ0v) is 16.3. The highest BCUT2D eigenvalue weighted by molar-refractivity contribution is 8.04. The van der Waals surface area contributed by atoms with E-state index in [4.69, 9.17) is 11.6 Å². The van der Waals surface area contributed by atoms with Gasteiger partial charge in [-0.15, -0.1) is 0 Å². The molecule has 7 heteroatoms. The average molecular weight is 401 g/mol. The third kappa shape index (κ3) is 4.40. The molecule has 27 heavy (non-hydrogen) atoms. The van der Waals surface area contributed by atoms with Crippen LogP contribution in [0.15, 0.2) is 58.0 Å². The number of halogens is 1. The van der Waals surface area contributed by atoms with E-state index in [1.807, 2.05) is 24.3 Å². The lowest BCUT2D eigenvalue weighted by Gasteiger charge is -2.21. The molecule has 0 aliphatic carbocycles. The molecule has 0 atom stereocenters. The second-order valence-corrected chi connectivity index (χ2v) is 7.60. The summed E-state index contributed by atoms with van der Waals surface area (Å²) in [4.78, 5) is 38.3. The minimum atomic E-state index is -0.818. The molecule has 0 aromatic heterocycles. The largest absolute Gasteiger partial charge is 0.357 e. The fraction of sp³-hybridized carbons (Fsp3) is 0.150. The van der Waals surface area contributed by atoms with Gasteiger partial charge in [0.15, 0.2) is 5.78 Å². The Morgan fingerprint density at radius 2 is 1.85 bits per heavy atom. The van der Waals surface area contributed by atoms with Crippen LogP contribution in [0.4, 0.5) is 11.4 Å². The van der Waals surface area contributed by atoms with Gasteiger partial charge in [0.1, 0.15) is 0 Å². The van der Waals surface area contributed by atoms with Crippen molar-refractivity contribution in [3.63, 3.8) is 0 Å². The molecular formula is C20H17ClN2O3S. The number of para-hydroxylation sites is 1. The zero-order chi connectivity index (χ0) is 19.6. The molecule has 0 saturated carbocycles. The van der Waals surface area contributed by atoms with Crippen molar-refractivity contribution in [3.8, 4) is 0 Å². The lowest BCUT2D eigenvalue weighted by molar-refractivity contribution is -0.136. The van der Waals surface area contributed by atoms with Gasteiger partial charge in [0.25, 0.3) is 5.91 Å². The molecule has 0 saturated heterocycles. The first kappa shape index (κ1) is 19.2. The maximum atomic E-state index is 12.6. The van der Waals surface area contributed by atoms with Crippen LogP contribution in [0.3, 0.4) is 0 Å². The van der Waals surface area contributed by atoms with Crippen molar-refractivity contribution >= 4 is 52.2 Å². The van der Waals surface area contributed by atoms with Crippen molar-refractivity contribution in [2.45, 2.75) is 25.2 Å². The Balaban J connectivity index is 1.67. The number of amides is 1. The van der Waals surface area contributed by atoms with E-state index >= 15 is 0 Å². The van der Waals surface area contributed by atoms with Crippen LogP contribution in [-0.4, -0.2) is 17.5 Å². The number of fused-ring (bicyclic) bond motifs is 1. The van der Waals surface area contributed by atoms with Gasteiger partial charge >= 0.3 is 0 Å². The highest BCUT2D eigenvalue weighted by atomic mass is 35.5. The first-order valence-corrected chi connectivity index (χ1v) is 9.43. The van der Waals surface area contributed by atoms with Crippen LogP contribution in [-0.2, 0) is 14.4 Å². The van der Waals surface area contributed by atoms with E-state index in [1.54, 1.807) is 32.0 Å². The molecule has 1 aliphatic rings. The molecule has 2 aromatic carbocycles. The van der Waals surface area contributed by atoms with E-state index in [0.29, 0.717) is 21.3 Å². The molecule has 0 fully saturated rings. The van der Waals surface area contributed by atoms with Crippen molar-refractivity contribution in [1.82, 2.24) is 0 Å². The number of anilines is 2. The van der Waals surface area contributed by atoms with E-state index in [-0.39, 0.29) is 5.78 Å². The molecule has 1 aliphatic heterocycles. The molecule has 0 radical (unpaired) electrons. The monoisotopic (exact) mass is 400 g/mol. The molecule has 1 amide bonds. The molecular weight excluding hydrogens is 384 g/mol. The molecule has 0 spiro atoms. The van der Waals surface area contributed by atoms with Gasteiger partial charge in [-0.3, -0.25) is 14.4 Å². The summed E-state index contributed by atoms with van der Waals surface area (Å²) in [6.45, 7) is 3.55. The molecule has 138 valence electrons. The number of carbonyl (C=O) groups excluding carboxylic acids is 3.